The third-order valence-corrected chi connectivity index (χ3v) is 6.99. The number of fused-ring (bicyclic) bond motifs is 1. The van der Waals surface area contributed by atoms with Crippen molar-refractivity contribution in [3.8, 4) is 0 Å². The number of hydrogen-bond acceptors (Lipinski definition) is 5. The Balaban J connectivity index is 1.80. The second-order valence-corrected chi connectivity index (χ2v) is 9.74. The molecular formula is C16H15ClN2O2S3. The molecule has 0 spiro atoms. The van der Waals surface area contributed by atoms with E-state index in [1.54, 1.807) is 54.2 Å². The first-order valence-electron chi connectivity index (χ1n) is 7.25. The predicted octanol–water partition coefficient (Wildman–Crippen LogP) is 4.54. The molecule has 8 heteroatoms. The molecule has 1 aromatic heterocycles. The SMILES string of the molecule is CCSc1nc2ccc(S(=O)(=O)NCc3ccc(Cl)cc3)cc2s1. The summed E-state index contributed by atoms with van der Waals surface area (Å²) in [6, 6.07) is 12.1. The van der Waals surface area contributed by atoms with Gasteiger partial charge in [-0.15, -0.1) is 11.3 Å². The van der Waals surface area contributed by atoms with Gasteiger partial charge in [-0.1, -0.05) is 42.4 Å². The molecule has 0 aliphatic heterocycles. The number of sulfonamides is 1. The van der Waals surface area contributed by atoms with E-state index < -0.39 is 10.0 Å². The first kappa shape index (κ1) is 17.7. The first-order chi connectivity index (χ1) is 11.5. The van der Waals surface area contributed by atoms with Gasteiger partial charge >= 0.3 is 0 Å². The molecule has 4 nitrogen and oxygen atoms in total. The molecule has 0 fully saturated rings. The van der Waals surface area contributed by atoms with Crippen LogP contribution in [-0.4, -0.2) is 19.2 Å². The standard InChI is InChI=1S/C16H15ClN2O2S3/c1-2-22-16-19-14-8-7-13(9-15(14)23-16)24(20,21)18-10-11-3-5-12(17)6-4-11/h3-9,18H,2,10H2,1H3. The molecule has 0 unspecified atom stereocenters. The summed E-state index contributed by atoms with van der Waals surface area (Å²) < 4.78 is 29.4. The summed E-state index contributed by atoms with van der Waals surface area (Å²) in [4.78, 5) is 4.73. The van der Waals surface area contributed by atoms with Crippen LogP contribution < -0.4 is 4.72 Å². The number of aromatic nitrogens is 1. The van der Waals surface area contributed by atoms with Gasteiger partial charge in [-0.05, 0) is 41.6 Å². The number of thiazole rings is 1. The van der Waals surface area contributed by atoms with Gasteiger partial charge in [0.1, 0.15) is 0 Å². The van der Waals surface area contributed by atoms with E-state index in [2.05, 4.69) is 16.6 Å². The number of thioether (sulfide) groups is 1. The van der Waals surface area contributed by atoms with Gasteiger partial charge in [0.15, 0.2) is 4.34 Å². The fraction of sp³-hybridized carbons (Fsp3) is 0.188. The lowest BCUT2D eigenvalue weighted by molar-refractivity contribution is 0.581. The molecule has 1 heterocycles. The van der Waals surface area contributed by atoms with Crippen molar-refractivity contribution in [2.24, 2.45) is 0 Å². The van der Waals surface area contributed by atoms with Gasteiger partial charge in [-0.2, -0.15) is 0 Å². The van der Waals surface area contributed by atoms with Gasteiger partial charge in [0.2, 0.25) is 10.0 Å². The zero-order chi connectivity index (χ0) is 17.2. The van der Waals surface area contributed by atoms with Crippen LogP contribution in [0.1, 0.15) is 12.5 Å². The lowest BCUT2D eigenvalue weighted by Gasteiger charge is -2.07. The van der Waals surface area contributed by atoms with Crippen molar-refractivity contribution in [1.82, 2.24) is 9.71 Å². The Hall–Kier alpha value is -1.12. The summed E-state index contributed by atoms with van der Waals surface area (Å²) in [6.07, 6.45) is 0. The summed E-state index contributed by atoms with van der Waals surface area (Å²) in [5.41, 5.74) is 1.68. The minimum absolute atomic E-state index is 0.219. The van der Waals surface area contributed by atoms with Crippen molar-refractivity contribution in [2.45, 2.75) is 22.7 Å². The molecule has 0 saturated heterocycles. The van der Waals surface area contributed by atoms with Crippen LogP contribution in [-0.2, 0) is 16.6 Å². The fourth-order valence-electron chi connectivity index (χ4n) is 2.10. The molecule has 3 rings (SSSR count). The quantitative estimate of drug-likeness (QED) is 0.619. The van der Waals surface area contributed by atoms with Crippen molar-refractivity contribution in [1.29, 1.82) is 0 Å². The largest absolute Gasteiger partial charge is 0.240 e. The van der Waals surface area contributed by atoms with E-state index >= 15 is 0 Å². The van der Waals surface area contributed by atoms with Crippen LogP contribution in [0, 0.1) is 0 Å². The minimum atomic E-state index is -3.57. The van der Waals surface area contributed by atoms with Crippen LogP contribution in [0.25, 0.3) is 10.2 Å². The van der Waals surface area contributed by atoms with Crippen molar-refractivity contribution in [3.63, 3.8) is 0 Å². The van der Waals surface area contributed by atoms with Crippen molar-refractivity contribution in [2.75, 3.05) is 5.75 Å². The minimum Gasteiger partial charge on any atom is -0.230 e. The van der Waals surface area contributed by atoms with E-state index in [1.165, 1.54) is 11.3 Å². The van der Waals surface area contributed by atoms with E-state index in [-0.39, 0.29) is 11.4 Å². The Morgan fingerprint density at radius 3 is 2.67 bits per heavy atom. The third-order valence-electron chi connectivity index (χ3n) is 3.30. The monoisotopic (exact) mass is 398 g/mol. The lowest BCUT2D eigenvalue weighted by atomic mass is 10.2. The highest BCUT2D eigenvalue weighted by molar-refractivity contribution is 8.01. The Morgan fingerprint density at radius 2 is 1.96 bits per heavy atom. The molecule has 24 heavy (non-hydrogen) atoms. The molecule has 0 bridgehead atoms. The molecular weight excluding hydrogens is 384 g/mol. The molecule has 0 amide bonds. The zero-order valence-corrected chi connectivity index (χ0v) is 16.0. The van der Waals surface area contributed by atoms with Crippen molar-refractivity contribution >= 4 is 54.9 Å². The van der Waals surface area contributed by atoms with Gasteiger partial charge < -0.3 is 0 Å². The Morgan fingerprint density at radius 1 is 1.21 bits per heavy atom. The van der Waals surface area contributed by atoms with Gasteiger partial charge in [0.25, 0.3) is 0 Å². The smallest absolute Gasteiger partial charge is 0.230 e. The highest BCUT2D eigenvalue weighted by Gasteiger charge is 2.15. The number of benzene rings is 2. The molecule has 1 N–H and O–H groups in total. The number of nitrogens with one attached hydrogen (secondary N) is 1. The Kier molecular flexibility index (Phi) is 5.46. The second kappa shape index (κ2) is 7.41. The van der Waals surface area contributed by atoms with Crippen LogP contribution in [0.5, 0.6) is 0 Å². The van der Waals surface area contributed by atoms with E-state index in [1.807, 2.05) is 0 Å². The maximum absolute atomic E-state index is 12.5. The van der Waals surface area contributed by atoms with E-state index in [0.717, 1.165) is 25.9 Å². The number of hydrogen-bond donors (Lipinski definition) is 1. The van der Waals surface area contributed by atoms with Gasteiger partial charge in [0, 0.05) is 11.6 Å². The van der Waals surface area contributed by atoms with Crippen LogP contribution in [0.15, 0.2) is 51.7 Å². The summed E-state index contributed by atoms with van der Waals surface area (Å²) in [5.74, 6) is 0.938. The molecule has 0 saturated carbocycles. The molecule has 126 valence electrons. The van der Waals surface area contributed by atoms with Crippen LogP contribution >= 0.6 is 34.7 Å². The predicted molar refractivity (Wildman–Crippen MR) is 101 cm³/mol. The van der Waals surface area contributed by atoms with Crippen LogP contribution in [0.2, 0.25) is 5.02 Å². The molecule has 0 aliphatic carbocycles. The molecule has 0 atom stereocenters. The number of rotatable bonds is 6. The maximum Gasteiger partial charge on any atom is 0.240 e. The lowest BCUT2D eigenvalue weighted by Crippen LogP contribution is -2.23. The third kappa shape index (κ3) is 4.10. The van der Waals surface area contributed by atoms with E-state index in [4.69, 9.17) is 11.6 Å². The average molecular weight is 399 g/mol. The van der Waals surface area contributed by atoms with E-state index in [9.17, 15) is 8.42 Å². The van der Waals surface area contributed by atoms with E-state index in [0.29, 0.717) is 5.02 Å². The normalized spacial score (nSPS) is 11.9. The zero-order valence-electron chi connectivity index (χ0n) is 12.8. The Bertz CT molecular complexity index is 953. The van der Waals surface area contributed by atoms with Crippen LogP contribution in [0.3, 0.4) is 0 Å². The molecule has 0 radical (unpaired) electrons. The number of nitrogens with zero attached hydrogens (tertiary/aromatic N) is 1. The van der Waals surface area contributed by atoms with Crippen LogP contribution in [0.4, 0.5) is 0 Å². The number of halogens is 1. The van der Waals surface area contributed by atoms with Crippen molar-refractivity contribution < 1.29 is 8.42 Å². The second-order valence-electron chi connectivity index (χ2n) is 4.99. The summed E-state index contributed by atoms with van der Waals surface area (Å²) >= 11 is 9.00. The summed E-state index contributed by atoms with van der Waals surface area (Å²) in [6.45, 7) is 2.28. The highest BCUT2D eigenvalue weighted by atomic mass is 35.5. The fourth-order valence-corrected chi connectivity index (χ4v) is 5.35. The molecule has 0 aliphatic rings. The Labute approximate surface area is 154 Å². The maximum atomic E-state index is 12.5. The first-order valence-corrected chi connectivity index (χ1v) is 10.9. The molecule has 3 aromatic rings. The molecule has 2 aromatic carbocycles. The summed E-state index contributed by atoms with van der Waals surface area (Å²) in [5, 5.41) is 0.623. The van der Waals surface area contributed by atoms with Gasteiger partial charge in [-0.25, -0.2) is 18.1 Å². The summed E-state index contributed by atoms with van der Waals surface area (Å²) in [7, 11) is -3.57. The van der Waals surface area contributed by atoms with Crippen molar-refractivity contribution in [3.05, 3.63) is 53.1 Å². The van der Waals surface area contributed by atoms with Gasteiger partial charge in [0.05, 0.1) is 15.1 Å². The topological polar surface area (TPSA) is 59.1 Å². The highest BCUT2D eigenvalue weighted by Crippen LogP contribution is 2.30. The van der Waals surface area contributed by atoms with Gasteiger partial charge in [-0.3, -0.25) is 0 Å². The average Bonchev–Trinajstić information content (AvgIpc) is 2.96.